The zero-order chi connectivity index (χ0) is 20.6. The maximum atomic E-state index is 12.0. The third-order valence-corrected chi connectivity index (χ3v) is 4.92. The highest BCUT2D eigenvalue weighted by Gasteiger charge is 2.21. The van der Waals surface area contributed by atoms with Crippen LogP contribution in [0.4, 0.5) is 0 Å². The summed E-state index contributed by atoms with van der Waals surface area (Å²) in [6, 6.07) is 10.4. The van der Waals surface area contributed by atoms with Gasteiger partial charge in [-0.15, -0.1) is 24.0 Å². The van der Waals surface area contributed by atoms with Gasteiger partial charge in [0.2, 0.25) is 5.91 Å². The molecule has 166 valence electrons. The van der Waals surface area contributed by atoms with Crippen LogP contribution in [0.25, 0.3) is 11.0 Å². The van der Waals surface area contributed by atoms with E-state index in [0.29, 0.717) is 13.1 Å². The maximum absolute atomic E-state index is 12.0. The van der Waals surface area contributed by atoms with Crippen LogP contribution in [0.15, 0.2) is 39.7 Å². The minimum absolute atomic E-state index is 0. The average Bonchev–Trinajstić information content (AvgIpc) is 3.10. The second-order valence-corrected chi connectivity index (χ2v) is 7.72. The largest absolute Gasteiger partial charge is 0.461 e. The van der Waals surface area contributed by atoms with E-state index in [2.05, 4.69) is 39.5 Å². The molecule has 0 saturated carbocycles. The van der Waals surface area contributed by atoms with E-state index in [1.54, 1.807) is 0 Å². The van der Waals surface area contributed by atoms with Gasteiger partial charge >= 0.3 is 0 Å². The number of furan rings is 1. The lowest BCUT2D eigenvalue weighted by Gasteiger charge is -2.36. The molecule has 0 aliphatic carbocycles. The van der Waals surface area contributed by atoms with Gasteiger partial charge < -0.3 is 20.0 Å². The number of nitrogens with one attached hydrogen (secondary N) is 2. The fourth-order valence-corrected chi connectivity index (χ4v) is 3.55. The smallest absolute Gasteiger partial charge is 0.234 e. The lowest BCUT2D eigenvalue weighted by molar-refractivity contribution is -0.123. The van der Waals surface area contributed by atoms with Crippen molar-refractivity contribution in [1.29, 1.82) is 0 Å². The van der Waals surface area contributed by atoms with Gasteiger partial charge in [0.1, 0.15) is 11.3 Å². The number of hydrogen-bond acceptors (Lipinski definition) is 4. The molecule has 1 amide bonds. The number of carbonyl (C=O) groups excluding carboxylic acids is 1. The Kier molecular flexibility index (Phi) is 9.90. The SMILES string of the molecule is CCNC(=NCCc1cc2ccccc2o1)N1CCN(CC(=O)NC(C)C)CC1.I. The number of halogens is 1. The molecule has 0 bridgehead atoms. The summed E-state index contributed by atoms with van der Waals surface area (Å²) in [5.41, 5.74) is 0.927. The number of amides is 1. The van der Waals surface area contributed by atoms with Crippen molar-refractivity contribution in [3.63, 3.8) is 0 Å². The summed E-state index contributed by atoms with van der Waals surface area (Å²) < 4.78 is 5.89. The van der Waals surface area contributed by atoms with Gasteiger partial charge in [-0.2, -0.15) is 0 Å². The van der Waals surface area contributed by atoms with Gasteiger partial charge in [-0.3, -0.25) is 14.7 Å². The van der Waals surface area contributed by atoms with Crippen LogP contribution in [0.2, 0.25) is 0 Å². The quantitative estimate of drug-likeness (QED) is 0.329. The predicted octanol–water partition coefficient (Wildman–Crippen LogP) is 2.70. The van der Waals surface area contributed by atoms with E-state index < -0.39 is 0 Å². The van der Waals surface area contributed by atoms with Crippen molar-refractivity contribution in [3.8, 4) is 0 Å². The van der Waals surface area contributed by atoms with Crippen molar-refractivity contribution >= 4 is 46.8 Å². The first-order valence-electron chi connectivity index (χ1n) is 10.6. The normalized spacial score (nSPS) is 15.3. The number of piperazine rings is 1. The molecule has 1 aliphatic heterocycles. The molecule has 7 nitrogen and oxygen atoms in total. The fourth-order valence-electron chi connectivity index (χ4n) is 3.55. The van der Waals surface area contributed by atoms with Gasteiger partial charge in [-0.05, 0) is 32.9 Å². The predicted molar refractivity (Wildman–Crippen MR) is 133 cm³/mol. The minimum Gasteiger partial charge on any atom is -0.461 e. The summed E-state index contributed by atoms with van der Waals surface area (Å²) in [5.74, 6) is 2.00. The molecule has 1 saturated heterocycles. The van der Waals surface area contributed by atoms with E-state index in [1.807, 2.05) is 32.0 Å². The molecule has 2 heterocycles. The highest BCUT2D eigenvalue weighted by atomic mass is 127. The molecule has 3 rings (SSSR count). The average molecular weight is 527 g/mol. The van der Waals surface area contributed by atoms with Crippen molar-refractivity contribution in [2.45, 2.75) is 33.2 Å². The van der Waals surface area contributed by atoms with Crippen LogP contribution in [-0.2, 0) is 11.2 Å². The molecule has 8 heteroatoms. The van der Waals surface area contributed by atoms with Crippen LogP contribution in [0.3, 0.4) is 0 Å². The lowest BCUT2D eigenvalue weighted by Crippen LogP contribution is -2.54. The van der Waals surface area contributed by atoms with Crippen molar-refractivity contribution in [2.24, 2.45) is 4.99 Å². The molecular formula is C22H34IN5O2. The zero-order valence-corrected chi connectivity index (χ0v) is 20.5. The second kappa shape index (κ2) is 12.1. The molecule has 0 unspecified atom stereocenters. The molecule has 0 spiro atoms. The number of para-hydroxylation sites is 1. The topological polar surface area (TPSA) is 73.1 Å². The number of hydrogen-bond donors (Lipinski definition) is 2. The summed E-state index contributed by atoms with van der Waals surface area (Å²) in [4.78, 5) is 21.2. The number of nitrogens with zero attached hydrogens (tertiary/aromatic N) is 3. The van der Waals surface area contributed by atoms with Crippen LogP contribution in [0.1, 0.15) is 26.5 Å². The molecular weight excluding hydrogens is 493 g/mol. The van der Waals surface area contributed by atoms with Gasteiger partial charge in [-0.1, -0.05) is 18.2 Å². The Morgan fingerprint density at radius 2 is 1.93 bits per heavy atom. The molecule has 2 aromatic rings. The monoisotopic (exact) mass is 527 g/mol. The van der Waals surface area contributed by atoms with Crippen LogP contribution in [0.5, 0.6) is 0 Å². The molecule has 0 atom stereocenters. The first-order chi connectivity index (χ1) is 14.0. The summed E-state index contributed by atoms with van der Waals surface area (Å²) in [6.07, 6.45) is 0.777. The molecule has 1 aromatic heterocycles. The summed E-state index contributed by atoms with van der Waals surface area (Å²) in [7, 11) is 0. The molecule has 2 N–H and O–H groups in total. The van der Waals surface area contributed by atoms with Gasteiger partial charge in [0, 0.05) is 57.1 Å². The Hall–Kier alpha value is -1.81. The Morgan fingerprint density at radius 3 is 2.60 bits per heavy atom. The Balaban J connectivity index is 0.00000320. The van der Waals surface area contributed by atoms with Gasteiger partial charge in [0.25, 0.3) is 0 Å². The highest BCUT2D eigenvalue weighted by Crippen LogP contribution is 2.19. The molecule has 1 aliphatic rings. The molecule has 1 aromatic carbocycles. The van der Waals surface area contributed by atoms with Crippen molar-refractivity contribution in [1.82, 2.24) is 20.4 Å². The Bertz CT molecular complexity index is 795. The third kappa shape index (κ3) is 7.16. The van der Waals surface area contributed by atoms with Gasteiger partial charge in [0.15, 0.2) is 5.96 Å². The lowest BCUT2D eigenvalue weighted by atomic mass is 10.2. The number of rotatable bonds is 7. The second-order valence-electron chi connectivity index (χ2n) is 7.72. The van der Waals surface area contributed by atoms with E-state index in [0.717, 1.165) is 61.8 Å². The van der Waals surface area contributed by atoms with Crippen LogP contribution in [0, 0.1) is 0 Å². The number of fused-ring (bicyclic) bond motifs is 1. The maximum Gasteiger partial charge on any atom is 0.234 e. The van der Waals surface area contributed by atoms with E-state index in [1.165, 1.54) is 0 Å². The number of benzene rings is 1. The van der Waals surface area contributed by atoms with E-state index >= 15 is 0 Å². The van der Waals surface area contributed by atoms with Crippen molar-refractivity contribution in [2.75, 3.05) is 45.8 Å². The van der Waals surface area contributed by atoms with E-state index in [4.69, 9.17) is 9.41 Å². The van der Waals surface area contributed by atoms with Gasteiger partial charge in [0.05, 0.1) is 6.54 Å². The third-order valence-electron chi connectivity index (χ3n) is 4.92. The van der Waals surface area contributed by atoms with Crippen LogP contribution < -0.4 is 10.6 Å². The highest BCUT2D eigenvalue weighted by molar-refractivity contribution is 14.0. The first kappa shape index (κ1) is 24.5. The number of carbonyl (C=O) groups is 1. The summed E-state index contributed by atoms with van der Waals surface area (Å²) >= 11 is 0. The minimum atomic E-state index is 0. The van der Waals surface area contributed by atoms with E-state index in [9.17, 15) is 4.79 Å². The molecule has 30 heavy (non-hydrogen) atoms. The number of aliphatic imine (C=N–C) groups is 1. The van der Waals surface area contributed by atoms with Crippen molar-refractivity contribution in [3.05, 3.63) is 36.1 Å². The standard InChI is InChI=1S/C22H33N5O2.HI/c1-4-23-22(24-10-9-19-15-18-7-5-6-8-20(18)29-19)27-13-11-26(12-14-27)16-21(28)25-17(2)3;/h5-8,15,17H,4,9-14,16H2,1-3H3,(H,23,24)(H,25,28);1H. The van der Waals surface area contributed by atoms with Gasteiger partial charge in [-0.25, -0.2) is 0 Å². The van der Waals surface area contributed by atoms with Crippen molar-refractivity contribution < 1.29 is 9.21 Å². The fraction of sp³-hybridized carbons (Fsp3) is 0.545. The summed E-state index contributed by atoms with van der Waals surface area (Å²) in [6.45, 7) is 11.5. The Labute approximate surface area is 196 Å². The zero-order valence-electron chi connectivity index (χ0n) is 18.2. The molecule has 1 fully saturated rings. The first-order valence-corrected chi connectivity index (χ1v) is 10.6. The van der Waals surface area contributed by atoms with Crippen LogP contribution in [-0.4, -0.2) is 73.5 Å². The number of guanidine groups is 1. The van der Waals surface area contributed by atoms with Crippen LogP contribution >= 0.6 is 24.0 Å². The van der Waals surface area contributed by atoms with E-state index in [-0.39, 0.29) is 35.9 Å². The molecule has 0 radical (unpaired) electrons. The summed E-state index contributed by atoms with van der Waals surface area (Å²) in [5, 5.41) is 7.49. The Morgan fingerprint density at radius 1 is 1.20 bits per heavy atom.